The summed E-state index contributed by atoms with van der Waals surface area (Å²) in [4.78, 5) is 2.62. The van der Waals surface area contributed by atoms with Gasteiger partial charge in [0.05, 0.1) is 12.7 Å². The van der Waals surface area contributed by atoms with Crippen molar-refractivity contribution < 1.29 is 4.74 Å². The van der Waals surface area contributed by atoms with Gasteiger partial charge in [-0.2, -0.15) is 0 Å². The zero-order valence-electron chi connectivity index (χ0n) is 8.95. The lowest BCUT2D eigenvalue weighted by Gasteiger charge is -2.23. The quantitative estimate of drug-likeness (QED) is 0.732. The van der Waals surface area contributed by atoms with Crippen LogP contribution in [-0.2, 0) is 4.74 Å². The first-order valence-corrected chi connectivity index (χ1v) is 5.96. The van der Waals surface area contributed by atoms with Crippen molar-refractivity contribution in [1.29, 1.82) is 0 Å². The van der Waals surface area contributed by atoms with E-state index in [1.54, 1.807) is 0 Å². The molecule has 0 amide bonds. The first-order valence-electron chi connectivity index (χ1n) is 5.96. The third kappa shape index (κ3) is 2.94. The fraction of sp³-hybridized carbons (Fsp3) is 1.00. The number of rotatable bonds is 4. The summed E-state index contributed by atoms with van der Waals surface area (Å²) in [5.41, 5.74) is 5.45. The zero-order chi connectivity index (χ0) is 9.80. The second-order valence-corrected chi connectivity index (χ2v) is 4.50. The lowest BCUT2D eigenvalue weighted by Crippen LogP contribution is -2.34. The fourth-order valence-electron chi connectivity index (χ4n) is 2.27. The van der Waals surface area contributed by atoms with Gasteiger partial charge in [0, 0.05) is 19.1 Å². The minimum atomic E-state index is 0.446. The standard InChI is InChI=1S/C11H22N2O/c12-6-8-14-11-3-1-2-7-13(9-11)10-4-5-10/h10-11H,1-9,12H2. The van der Waals surface area contributed by atoms with E-state index >= 15 is 0 Å². The maximum Gasteiger partial charge on any atom is 0.0702 e. The van der Waals surface area contributed by atoms with Crippen molar-refractivity contribution in [2.24, 2.45) is 5.73 Å². The minimum absolute atomic E-state index is 0.446. The van der Waals surface area contributed by atoms with Gasteiger partial charge in [0.2, 0.25) is 0 Å². The molecule has 1 saturated carbocycles. The van der Waals surface area contributed by atoms with Crippen LogP contribution in [0.2, 0.25) is 0 Å². The van der Waals surface area contributed by atoms with Gasteiger partial charge in [-0.3, -0.25) is 4.90 Å². The second kappa shape index (κ2) is 5.10. The van der Waals surface area contributed by atoms with E-state index in [-0.39, 0.29) is 0 Å². The van der Waals surface area contributed by atoms with Gasteiger partial charge in [-0.15, -0.1) is 0 Å². The summed E-state index contributed by atoms with van der Waals surface area (Å²) in [6, 6.07) is 0.886. The Morgan fingerprint density at radius 1 is 1.21 bits per heavy atom. The average molecular weight is 198 g/mol. The van der Waals surface area contributed by atoms with Crippen LogP contribution in [0.3, 0.4) is 0 Å². The van der Waals surface area contributed by atoms with E-state index in [2.05, 4.69) is 4.90 Å². The van der Waals surface area contributed by atoms with Gasteiger partial charge in [0.15, 0.2) is 0 Å². The van der Waals surface area contributed by atoms with Crippen LogP contribution in [0.15, 0.2) is 0 Å². The molecule has 1 aliphatic carbocycles. The van der Waals surface area contributed by atoms with Crippen LogP contribution in [-0.4, -0.2) is 43.3 Å². The van der Waals surface area contributed by atoms with Crippen molar-refractivity contribution in [3.05, 3.63) is 0 Å². The van der Waals surface area contributed by atoms with Gasteiger partial charge in [-0.1, -0.05) is 0 Å². The predicted octanol–water partition coefficient (Wildman–Crippen LogP) is 0.979. The molecule has 3 heteroatoms. The summed E-state index contributed by atoms with van der Waals surface area (Å²) >= 11 is 0. The van der Waals surface area contributed by atoms with Crippen LogP contribution in [0.5, 0.6) is 0 Å². The highest BCUT2D eigenvalue weighted by molar-refractivity contribution is 4.87. The van der Waals surface area contributed by atoms with Gasteiger partial charge in [-0.05, 0) is 38.6 Å². The van der Waals surface area contributed by atoms with E-state index in [0.29, 0.717) is 12.6 Å². The summed E-state index contributed by atoms with van der Waals surface area (Å²) in [6.07, 6.45) is 7.15. The van der Waals surface area contributed by atoms with Gasteiger partial charge >= 0.3 is 0 Å². The molecule has 82 valence electrons. The lowest BCUT2D eigenvalue weighted by atomic mass is 10.2. The monoisotopic (exact) mass is 198 g/mol. The first kappa shape index (κ1) is 10.4. The topological polar surface area (TPSA) is 38.5 Å². The maximum atomic E-state index is 5.75. The Labute approximate surface area is 86.6 Å². The highest BCUT2D eigenvalue weighted by Crippen LogP contribution is 2.29. The molecule has 0 bridgehead atoms. The molecule has 0 aromatic carbocycles. The summed E-state index contributed by atoms with van der Waals surface area (Å²) in [5, 5.41) is 0. The van der Waals surface area contributed by atoms with Gasteiger partial charge < -0.3 is 10.5 Å². The van der Waals surface area contributed by atoms with Crippen molar-refractivity contribution in [3.8, 4) is 0 Å². The molecule has 1 atom stereocenters. The zero-order valence-corrected chi connectivity index (χ0v) is 8.95. The Hall–Kier alpha value is -0.120. The van der Waals surface area contributed by atoms with E-state index in [4.69, 9.17) is 10.5 Å². The van der Waals surface area contributed by atoms with E-state index in [9.17, 15) is 0 Å². The smallest absolute Gasteiger partial charge is 0.0702 e. The van der Waals surface area contributed by atoms with Gasteiger partial charge in [0.25, 0.3) is 0 Å². The molecule has 14 heavy (non-hydrogen) atoms. The Morgan fingerprint density at radius 3 is 2.79 bits per heavy atom. The molecule has 2 rings (SSSR count). The molecule has 2 fully saturated rings. The molecule has 1 aliphatic heterocycles. The van der Waals surface area contributed by atoms with Crippen molar-refractivity contribution in [3.63, 3.8) is 0 Å². The van der Waals surface area contributed by atoms with Crippen LogP contribution in [0.4, 0.5) is 0 Å². The summed E-state index contributed by atoms with van der Waals surface area (Å²) in [5.74, 6) is 0. The van der Waals surface area contributed by atoms with E-state index in [0.717, 1.165) is 19.2 Å². The molecular formula is C11H22N2O. The van der Waals surface area contributed by atoms with Crippen LogP contribution < -0.4 is 5.73 Å². The number of hydrogen-bond acceptors (Lipinski definition) is 3. The maximum absolute atomic E-state index is 5.75. The molecule has 1 heterocycles. The highest BCUT2D eigenvalue weighted by atomic mass is 16.5. The van der Waals surface area contributed by atoms with Crippen LogP contribution in [0.1, 0.15) is 32.1 Å². The molecule has 1 unspecified atom stereocenters. The molecule has 2 N–H and O–H groups in total. The number of nitrogens with zero attached hydrogens (tertiary/aromatic N) is 1. The van der Waals surface area contributed by atoms with Crippen LogP contribution in [0.25, 0.3) is 0 Å². The Morgan fingerprint density at radius 2 is 2.07 bits per heavy atom. The van der Waals surface area contributed by atoms with Gasteiger partial charge in [-0.25, -0.2) is 0 Å². The largest absolute Gasteiger partial charge is 0.376 e. The number of nitrogens with two attached hydrogens (primary N) is 1. The van der Waals surface area contributed by atoms with Crippen molar-refractivity contribution in [2.45, 2.75) is 44.2 Å². The molecule has 0 aromatic rings. The predicted molar refractivity (Wildman–Crippen MR) is 57.2 cm³/mol. The summed E-state index contributed by atoms with van der Waals surface area (Å²) in [7, 11) is 0. The number of ether oxygens (including phenoxy) is 1. The summed E-state index contributed by atoms with van der Waals surface area (Å²) < 4.78 is 5.75. The molecule has 2 aliphatic rings. The normalized spacial score (nSPS) is 30.2. The molecule has 0 radical (unpaired) electrons. The number of hydrogen-bond donors (Lipinski definition) is 1. The lowest BCUT2D eigenvalue weighted by molar-refractivity contribution is 0.0320. The third-order valence-electron chi connectivity index (χ3n) is 3.19. The Bertz CT molecular complexity index is 171. The van der Waals surface area contributed by atoms with E-state index in [1.165, 1.54) is 38.6 Å². The first-order chi connectivity index (χ1) is 6.90. The van der Waals surface area contributed by atoms with Crippen molar-refractivity contribution in [2.75, 3.05) is 26.2 Å². The molecular weight excluding hydrogens is 176 g/mol. The van der Waals surface area contributed by atoms with Gasteiger partial charge in [0.1, 0.15) is 0 Å². The second-order valence-electron chi connectivity index (χ2n) is 4.50. The Balaban J connectivity index is 1.77. The Kier molecular flexibility index (Phi) is 3.79. The average Bonchev–Trinajstić information content (AvgIpc) is 3.00. The molecule has 0 spiro atoms. The van der Waals surface area contributed by atoms with E-state index in [1.807, 2.05) is 0 Å². The van der Waals surface area contributed by atoms with Crippen molar-refractivity contribution >= 4 is 0 Å². The van der Waals surface area contributed by atoms with Crippen LogP contribution >= 0.6 is 0 Å². The highest BCUT2D eigenvalue weighted by Gasteiger charge is 2.31. The number of likely N-dealkylation sites (tertiary alicyclic amines) is 1. The molecule has 3 nitrogen and oxygen atoms in total. The minimum Gasteiger partial charge on any atom is -0.376 e. The summed E-state index contributed by atoms with van der Waals surface area (Å²) in [6.45, 7) is 3.81. The molecule has 0 aromatic heterocycles. The van der Waals surface area contributed by atoms with Crippen LogP contribution in [0, 0.1) is 0 Å². The SMILES string of the molecule is NCCOC1CCCCN(C2CC2)C1. The fourth-order valence-corrected chi connectivity index (χ4v) is 2.27. The molecule has 1 saturated heterocycles. The van der Waals surface area contributed by atoms with E-state index < -0.39 is 0 Å². The van der Waals surface area contributed by atoms with Crippen molar-refractivity contribution in [1.82, 2.24) is 4.90 Å². The third-order valence-corrected chi connectivity index (χ3v) is 3.19.